The Bertz CT molecular complexity index is 559. The van der Waals surface area contributed by atoms with Gasteiger partial charge in [0.2, 0.25) is 0 Å². The van der Waals surface area contributed by atoms with Gasteiger partial charge in [0.05, 0.1) is 11.0 Å². The Morgan fingerprint density at radius 3 is 2.24 bits per heavy atom. The third-order valence-electron chi connectivity index (χ3n) is 2.35. The van der Waals surface area contributed by atoms with Crippen molar-refractivity contribution in [2.45, 2.75) is 0 Å². The molecular weight excluding hydrogens is 475 g/mol. The van der Waals surface area contributed by atoms with E-state index in [2.05, 4.69) is 28.2 Å². The van der Waals surface area contributed by atoms with Crippen LogP contribution < -0.4 is 0 Å². The summed E-state index contributed by atoms with van der Waals surface area (Å²) in [6.07, 6.45) is 3.62. The molecule has 0 N–H and O–H groups in total. The van der Waals surface area contributed by atoms with Crippen molar-refractivity contribution in [2.75, 3.05) is 0 Å². The second-order valence-corrected chi connectivity index (χ2v) is 3.21. The van der Waals surface area contributed by atoms with Crippen molar-refractivity contribution in [1.82, 2.24) is 9.97 Å². The van der Waals surface area contributed by atoms with Crippen LogP contribution in [-0.2, 0) is 58.4 Å². The van der Waals surface area contributed by atoms with Crippen molar-refractivity contribution in [1.29, 1.82) is 0 Å². The fourth-order valence-electron chi connectivity index (χ4n) is 1.70. The van der Waals surface area contributed by atoms with E-state index >= 15 is 0 Å². The molecule has 0 saturated carbocycles. The van der Waals surface area contributed by atoms with Gasteiger partial charge < -0.3 is 0 Å². The number of aromatic nitrogens is 2. The molecule has 3 aromatic rings. The van der Waals surface area contributed by atoms with E-state index in [1.165, 1.54) is 0 Å². The molecule has 0 bridgehead atoms. The van der Waals surface area contributed by atoms with Crippen molar-refractivity contribution < 1.29 is 58.4 Å². The van der Waals surface area contributed by atoms with Gasteiger partial charge in [-0.05, 0) is 24.3 Å². The number of nitrogens with zero attached hydrogens (tertiary/aromatic N) is 2. The second-order valence-electron chi connectivity index (χ2n) is 3.21. The number of rotatable bonds is 0. The largest absolute Gasteiger partial charge is 0.256 e. The van der Waals surface area contributed by atoms with Gasteiger partial charge in [-0.25, -0.2) is 0 Å². The standard InChI is InChI=1S/C12H8N2.3Ru/c1-3-9-5-6-11-10(4-2-7-13-11)12(9)14-8-1;;;/h1-8H;;;. The van der Waals surface area contributed by atoms with Crippen LogP contribution in [0.4, 0.5) is 0 Å². The van der Waals surface area contributed by atoms with Crippen molar-refractivity contribution >= 4 is 21.8 Å². The second kappa shape index (κ2) is 7.37. The van der Waals surface area contributed by atoms with Crippen molar-refractivity contribution in [3.05, 3.63) is 48.8 Å². The number of hydrogen-bond acceptors (Lipinski definition) is 2. The average Bonchev–Trinajstić information content (AvgIpc) is 2.29. The zero-order valence-electron chi connectivity index (χ0n) is 8.57. The molecule has 2 aromatic heterocycles. The van der Waals surface area contributed by atoms with Gasteiger partial charge in [0.1, 0.15) is 0 Å². The maximum absolute atomic E-state index is 4.37. The minimum atomic E-state index is 0. The molecule has 2 nitrogen and oxygen atoms in total. The molecule has 0 atom stereocenters. The summed E-state index contributed by atoms with van der Waals surface area (Å²) in [7, 11) is 0. The zero-order valence-corrected chi connectivity index (χ0v) is 13.8. The predicted octanol–water partition coefficient (Wildman–Crippen LogP) is 2.78. The van der Waals surface area contributed by atoms with Gasteiger partial charge in [-0.2, -0.15) is 0 Å². The molecule has 5 heteroatoms. The fraction of sp³-hybridized carbons (Fsp3) is 0. The normalized spacial score (nSPS) is 8.94. The van der Waals surface area contributed by atoms with E-state index in [0.29, 0.717) is 0 Å². The maximum atomic E-state index is 4.37. The Morgan fingerprint density at radius 2 is 1.41 bits per heavy atom. The van der Waals surface area contributed by atoms with Gasteiger partial charge >= 0.3 is 0 Å². The SMILES string of the molecule is [Ru].[Ru].[Ru].c1cnc2c(c1)ccc1ncccc12. The molecule has 3 rings (SSSR count). The first-order valence-electron chi connectivity index (χ1n) is 4.53. The summed E-state index contributed by atoms with van der Waals surface area (Å²) in [5.41, 5.74) is 2.02. The molecule has 0 radical (unpaired) electrons. The monoisotopic (exact) mass is 486 g/mol. The van der Waals surface area contributed by atoms with Crippen LogP contribution in [0.1, 0.15) is 0 Å². The molecule has 0 aliphatic rings. The van der Waals surface area contributed by atoms with Crippen LogP contribution >= 0.6 is 0 Å². The third kappa shape index (κ3) is 3.22. The fourth-order valence-corrected chi connectivity index (χ4v) is 1.70. The van der Waals surface area contributed by atoms with Gasteiger partial charge in [-0.15, -0.1) is 0 Å². The van der Waals surface area contributed by atoms with Crippen LogP contribution in [0, 0.1) is 0 Å². The first kappa shape index (κ1) is 16.9. The first-order chi connectivity index (χ1) is 6.95. The van der Waals surface area contributed by atoms with Crippen LogP contribution in [0.25, 0.3) is 21.8 Å². The summed E-state index contributed by atoms with van der Waals surface area (Å²) in [5, 5.41) is 2.28. The van der Waals surface area contributed by atoms with Crippen LogP contribution in [0.3, 0.4) is 0 Å². The Balaban J connectivity index is 0.000000853. The Labute approximate surface area is 138 Å². The van der Waals surface area contributed by atoms with E-state index in [1.807, 2.05) is 24.4 Å². The Morgan fingerprint density at radius 1 is 0.706 bits per heavy atom. The van der Waals surface area contributed by atoms with Gasteiger partial charge in [0.15, 0.2) is 0 Å². The van der Waals surface area contributed by atoms with Crippen LogP contribution in [-0.4, -0.2) is 9.97 Å². The maximum Gasteiger partial charge on any atom is 0.0795 e. The van der Waals surface area contributed by atoms with Gasteiger partial charge in [-0.3, -0.25) is 9.97 Å². The minimum Gasteiger partial charge on any atom is -0.256 e. The van der Waals surface area contributed by atoms with Crippen LogP contribution in [0.15, 0.2) is 48.8 Å². The van der Waals surface area contributed by atoms with E-state index in [0.717, 1.165) is 21.8 Å². The number of benzene rings is 1. The van der Waals surface area contributed by atoms with Crippen molar-refractivity contribution in [3.63, 3.8) is 0 Å². The molecule has 17 heavy (non-hydrogen) atoms. The minimum absolute atomic E-state index is 0. The average molecular weight is 483 g/mol. The molecule has 2 heterocycles. The van der Waals surface area contributed by atoms with Gasteiger partial charge in [0.25, 0.3) is 0 Å². The molecule has 0 unspecified atom stereocenters. The van der Waals surface area contributed by atoms with E-state index < -0.39 is 0 Å². The van der Waals surface area contributed by atoms with Gasteiger partial charge in [0, 0.05) is 81.6 Å². The molecule has 0 fully saturated rings. The summed E-state index contributed by atoms with van der Waals surface area (Å²) < 4.78 is 0. The summed E-state index contributed by atoms with van der Waals surface area (Å²) in [6, 6.07) is 12.1. The quantitative estimate of drug-likeness (QED) is 0.363. The van der Waals surface area contributed by atoms with E-state index in [1.54, 1.807) is 6.20 Å². The Kier molecular flexibility index (Phi) is 7.33. The van der Waals surface area contributed by atoms with Crippen LogP contribution in [0.2, 0.25) is 0 Å². The molecule has 0 spiro atoms. The third-order valence-corrected chi connectivity index (χ3v) is 2.35. The van der Waals surface area contributed by atoms with Crippen molar-refractivity contribution in [3.8, 4) is 0 Å². The topological polar surface area (TPSA) is 25.8 Å². The van der Waals surface area contributed by atoms with Crippen LogP contribution in [0.5, 0.6) is 0 Å². The summed E-state index contributed by atoms with van der Waals surface area (Å²) in [4.78, 5) is 8.66. The molecule has 0 aliphatic carbocycles. The molecule has 1 aromatic carbocycles. The number of hydrogen-bond donors (Lipinski definition) is 0. The molecular formula is C12H8N2Ru3. The van der Waals surface area contributed by atoms with Crippen molar-refractivity contribution in [2.24, 2.45) is 0 Å². The molecule has 0 aliphatic heterocycles. The number of pyridine rings is 2. The summed E-state index contributed by atoms with van der Waals surface area (Å²) in [6.45, 7) is 0. The number of fused-ring (bicyclic) bond motifs is 3. The summed E-state index contributed by atoms with van der Waals surface area (Å²) in [5.74, 6) is 0. The zero-order chi connectivity index (χ0) is 9.38. The van der Waals surface area contributed by atoms with E-state index in [9.17, 15) is 0 Å². The first-order valence-corrected chi connectivity index (χ1v) is 4.53. The molecule has 0 amide bonds. The molecule has 0 saturated heterocycles. The predicted molar refractivity (Wildman–Crippen MR) is 57.0 cm³/mol. The molecule has 90 valence electrons. The van der Waals surface area contributed by atoms with E-state index in [-0.39, 0.29) is 58.4 Å². The summed E-state index contributed by atoms with van der Waals surface area (Å²) >= 11 is 0. The smallest absolute Gasteiger partial charge is 0.0795 e. The van der Waals surface area contributed by atoms with E-state index in [4.69, 9.17) is 0 Å². The van der Waals surface area contributed by atoms with Gasteiger partial charge in [-0.1, -0.05) is 12.1 Å². The Hall–Kier alpha value is -0.0899.